The van der Waals surface area contributed by atoms with Crippen molar-refractivity contribution in [3.8, 4) is 5.75 Å². The number of methoxy groups -OCH3 is 1. The number of anilines is 1. The van der Waals surface area contributed by atoms with Crippen molar-refractivity contribution in [2.24, 2.45) is 5.92 Å². The molecule has 0 bridgehead atoms. The summed E-state index contributed by atoms with van der Waals surface area (Å²) >= 11 is 2.24. The highest BCUT2D eigenvalue weighted by Crippen LogP contribution is 2.60. The Labute approximate surface area is 289 Å². The summed E-state index contributed by atoms with van der Waals surface area (Å²) in [5.41, 5.74) is 0.145. The molecular formula is C35H40IN3O7Si. The van der Waals surface area contributed by atoms with Crippen molar-refractivity contribution in [2.75, 3.05) is 25.2 Å². The number of nitro groups is 1. The zero-order valence-corrected chi connectivity index (χ0v) is 30.2. The molecule has 2 fully saturated rings. The normalized spacial score (nSPS) is 25.4. The van der Waals surface area contributed by atoms with Gasteiger partial charge in [0.05, 0.1) is 57.5 Å². The molecule has 248 valence electrons. The number of nitro benzene ring substituents is 1. The highest BCUT2D eigenvalue weighted by atomic mass is 127. The average molecular weight is 770 g/mol. The zero-order chi connectivity index (χ0) is 33.7. The number of ether oxygens (including phenoxy) is 2. The molecule has 2 saturated heterocycles. The fourth-order valence-electron chi connectivity index (χ4n) is 8.19. The molecule has 12 heteroatoms. The average Bonchev–Trinajstić information content (AvgIpc) is 3.72. The van der Waals surface area contributed by atoms with Gasteiger partial charge in [0.2, 0.25) is 5.91 Å². The third-order valence-corrected chi connectivity index (χ3v) is 15.6. The number of carbonyl (C=O) groups excluding carboxylic acids is 2. The smallest absolute Gasteiger partial charge is 0.269 e. The molecule has 3 aromatic rings. The quantitative estimate of drug-likeness (QED) is 0.135. The molecule has 47 heavy (non-hydrogen) atoms. The molecule has 0 radical (unpaired) electrons. The number of fused-ring (bicyclic) bond motifs is 2. The third-order valence-electron chi connectivity index (χ3n) is 10.6. The predicted octanol–water partition coefficient (Wildman–Crippen LogP) is 5.34. The topological polar surface area (TPSA) is 122 Å². The molecule has 2 amide bonds. The Morgan fingerprint density at radius 2 is 1.85 bits per heavy atom. The number of benzene rings is 3. The van der Waals surface area contributed by atoms with Gasteiger partial charge in [0.1, 0.15) is 5.75 Å². The van der Waals surface area contributed by atoms with Crippen LogP contribution in [0, 0.1) is 19.6 Å². The van der Waals surface area contributed by atoms with Crippen molar-refractivity contribution in [1.29, 1.82) is 0 Å². The lowest BCUT2D eigenvalue weighted by atomic mass is 9.82. The van der Waals surface area contributed by atoms with Crippen LogP contribution in [0.5, 0.6) is 5.75 Å². The van der Waals surface area contributed by atoms with Crippen molar-refractivity contribution in [1.82, 2.24) is 4.90 Å². The largest absolute Gasteiger partial charge is 0.497 e. The van der Waals surface area contributed by atoms with Crippen molar-refractivity contribution in [3.63, 3.8) is 0 Å². The fraction of sp³-hybridized carbons (Fsp3) is 0.429. The van der Waals surface area contributed by atoms with Gasteiger partial charge in [-0.3, -0.25) is 19.7 Å². The number of hydrogen-bond donors (Lipinski definition) is 1. The predicted molar refractivity (Wildman–Crippen MR) is 189 cm³/mol. The van der Waals surface area contributed by atoms with Crippen LogP contribution in [-0.2, 0) is 26.5 Å². The van der Waals surface area contributed by atoms with Gasteiger partial charge in [0, 0.05) is 33.7 Å². The number of aliphatic hydroxyl groups excluding tert-OH is 1. The summed E-state index contributed by atoms with van der Waals surface area (Å²) in [5.74, 6) is -0.0556. The minimum atomic E-state index is -2.53. The van der Waals surface area contributed by atoms with Gasteiger partial charge in [-0.15, -0.1) is 0 Å². The van der Waals surface area contributed by atoms with Gasteiger partial charge < -0.3 is 24.4 Å². The Balaban J connectivity index is 1.47. The van der Waals surface area contributed by atoms with E-state index in [0.29, 0.717) is 17.8 Å². The molecular weight excluding hydrogens is 729 g/mol. The van der Waals surface area contributed by atoms with Crippen LogP contribution >= 0.6 is 22.6 Å². The second-order valence-electron chi connectivity index (χ2n) is 13.4. The van der Waals surface area contributed by atoms with E-state index < -0.39 is 30.6 Å². The molecule has 10 nitrogen and oxygen atoms in total. The van der Waals surface area contributed by atoms with Crippen LogP contribution in [0.3, 0.4) is 0 Å². The van der Waals surface area contributed by atoms with E-state index in [1.807, 2.05) is 43.3 Å². The van der Waals surface area contributed by atoms with Crippen molar-refractivity contribution >= 4 is 59.0 Å². The van der Waals surface area contributed by atoms with E-state index in [4.69, 9.17) is 9.47 Å². The van der Waals surface area contributed by atoms with Crippen LogP contribution in [0.4, 0.5) is 11.4 Å². The number of hydrogen-bond acceptors (Lipinski definition) is 7. The van der Waals surface area contributed by atoms with Crippen molar-refractivity contribution in [3.05, 3.63) is 91.5 Å². The number of rotatable bonds is 9. The summed E-state index contributed by atoms with van der Waals surface area (Å²) in [6.07, 6.45) is 0.984. The van der Waals surface area contributed by atoms with Gasteiger partial charge in [-0.1, -0.05) is 49.5 Å². The zero-order valence-electron chi connectivity index (χ0n) is 27.0. The van der Waals surface area contributed by atoms with Crippen LogP contribution in [-0.4, -0.2) is 67.2 Å². The lowest BCUT2D eigenvalue weighted by Crippen LogP contribution is -2.52. The van der Waals surface area contributed by atoms with Gasteiger partial charge in [-0.2, -0.15) is 0 Å². The molecule has 3 aliphatic heterocycles. The van der Waals surface area contributed by atoms with Crippen LogP contribution < -0.4 is 14.8 Å². The summed E-state index contributed by atoms with van der Waals surface area (Å²) in [5, 5.41) is 23.1. The minimum absolute atomic E-state index is 0.0501. The van der Waals surface area contributed by atoms with Gasteiger partial charge >= 0.3 is 0 Å². The molecule has 3 aliphatic rings. The summed E-state index contributed by atoms with van der Waals surface area (Å²) in [4.78, 5) is 43.9. The number of likely N-dealkylation sites (tertiary alicyclic amines) is 1. The Hall–Kier alpha value is -3.33. The second kappa shape index (κ2) is 12.9. The fourth-order valence-corrected chi connectivity index (χ4v) is 12.6. The van der Waals surface area contributed by atoms with Crippen LogP contribution in [0.25, 0.3) is 0 Å². The third kappa shape index (κ3) is 5.76. The Morgan fingerprint density at radius 3 is 2.49 bits per heavy atom. The Kier molecular flexibility index (Phi) is 9.24. The molecule has 0 saturated carbocycles. The summed E-state index contributed by atoms with van der Waals surface area (Å²) in [6, 6.07) is 20.2. The number of amides is 2. The maximum absolute atomic E-state index is 14.9. The number of non-ortho nitro benzene ring substituents is 1. The van der Waals surface area contributed by atoms with E-state index in [1.165, 1.54) is 12.1 Å². The molecule has 1 spiro atoms. The number of halogens is 1. The first-order valence-electron chi connectivity index (χ1n) is 16.0. The van der Waals surface area contributed by atoms with Gasteiger partial charge in [0.25, 0.3) is 11.6 Å². The first-order valence-corrected chi connectivity index (χ1v) is 20.2. The molecule has 3 heterocycles. The van der Waals surface area contributed by atoms with E-state index in [-0.39, 0.29) is 48.7 Å². The summed E-state index contributed by atoms with van der Waals surface area (Å²) < 4.78 is 13.5. The van der Waals surface area contributed by atoms with E-state index in [0.717, 1.165) is 32.9 Å². The van der Waals surface area contributed by atoms with E-state index in [9.17, 15) is 24.8 Å². The van der Waals surface area contributed by atoms with E-state index >= 15 is 0 Å². The number of carbonyl (C=O) groups is 2. The minimum Gasteiger partial charge on any atom is -0.497 e. The number of aliphatic hydroxyl groups is 1. The van der Waals surface area contributed by atoms with Crippen LogP contribution in [0.15, 0.2) is 66.7 Å². The highest BCUT2D eigenvalue weighted by Gasteiger charge is 2.67. The lowest BCUT2D eigenvalue weighted by Gasteiger charge is -2.37. The summed E-state index contributed by atoms with van der Waals surface area (Å²) in [7, 11) is -0.905. The molecule has 0 aliphatic carbocycles. The summed E-state index contributed by atoms with van der Waals surface area (Å²) in [6.45, 7) is 7.22. The van der Waals surface area contributed by atoms with Crippen LogP contribution in [0.1, 0.15) is 37.3 Å². The van der Waals surface area contributed by atoms with Gasteiger partial charge in [-0.05, 0) is 76.9 Å². The standard InChI is InChI=1S/C35H40IN3O7Si/c1-22-33(47(3,4)28-14-12-27(45-2)13-15-28)31(19-32(41)37-17-5-6-26(37)21-40)46-35(22)29-18-25(39(43)44)11-16-30(29)38(34(35)42)20-23-7-9-24(36)10-8-23/h7-16,18,22,26,31,33,40H,5-6,17,19-21H2,1-4H3/t22-,26-,31+,33-,35+/m0/s1. The van der Waals surface area contributed by atoms with E-state index in [2.05, 4.69) is 47.8 Å². The molecule has 6 rings (SSSR count). The van der Waals surface area contributed by atoms with Crippen LogP contribution in [0.2, 0.25) is 18.6 Å². The monoisotopic (exact) mass is 769 g/mol. The lowest BCUT2D eigenvalue weighted by molar-refractivity contribution is -0.385. The molecule has 0 aromatic heterocycles. The maximum atomic E-state index is 14.9. The molecule has 3 aromatic carbocycles. The Bertz CT molecular complexity index is 1690. The SMILES string of the molecule is COc1ccc([Si](C)(C)[C@@H]2[C@@H](CC(=O)N3CCC[C@H]3CO)O[C@]3(C(=O)N(Cc4ccc(I)cc4)c4ccc([N+](=O)[O-])cc43)[C@H]2C)cc1. The van der Waals surface area contributed by atoms with Gasteiger partial charge in [-0.25, -0.2) is 0 Å². The molecule has 5 atom stereocenters. The first-order chi connectivity index (χ1) is 22.4. The molecule has 1 N–H and O–H groups in total. The van der Waals surface area contributed by atoms with Crippen molar-refractivity contribution < 1.29 is 29.1 Å². The second-order valence-corrected chi connectivity index (χ2v) is 19.3. The first kappa shape index (κ1) is 33.6. The molecule has 0 unspecified atom stereocenters. The van der Waals surface area contributed by atoms with Crippen molar-refractivity contribution in [2.45, 2.75) is 69.1 Å². The maximum Gasteiger partial charge on any atom is 0.269 e. The highest BCUT2D eigenvalue weighted by molar-refractivity contribution is 14.1. The Morgan fingerprint density at radius 1 is 1.15 bits per heavy atom. The van der Waals surface area contributed by atoms with Gasteiger partial charge in [0.15, 0.2) is 5.60 Å². The van der Waals surface area contributed by atoms with E-state index in [1.54, 1.807) is 23.0 Å². The number of nitrogens with zero attached hydrogens (tertiary/aromatic N) is 3.